The van der Waals surface area contributed by atoms with Gasteiger partial charge in [-0.2, -0.15) is 0 Å². The Morgan fingerprint density at radius 2 is 2.47 bits per heavy atom. The molecule has 0 amide bonds. The number of carboxylic acids is 1. The molecule has 0 aliphatic heterocycles. The number of aliphatic carboxylic acids is 1. The van der Waals surface area contributed by atoms with Gasteiger partial charge in [-0.1, -0.05) is 0 Å². The number of methoxy groups -OCH3 is 1. The molecule has 82 valence electrons. The van der Waals surface area contributed by atoms with Crippen molar-refractivity contribution in [1.82, 2.24) is 4.98 Å². The van der Waals surface area contributed by atoms with Crippen molar-refractivity contribution in [3.8, 4) is 5.75 Å². The zero-order valence-electron chi connectivity index (χ0n) is 8.11. The van der Waals surface area contributed by atoms with Gasteiger partial charge in [0.25, 0.3) is 0 Å². The Balaban J connectivity index is 2.98. The molecule has 1 aromatic rings. The van der Waals surface area contributed by atoms with Crippen LogP contribution in [0.15, 0.2) is 16.7 Å². The summed E-state index contributed by atoms with van der Waals surface area (Å²) in [6.07, 6.45) is 1.36. The molecule has 15 heavy (non-hydrogen) atoms. The van der Waals surface area contributed by atoms with Gasteiger partial charge in [-0.05, 0) is 22.0 Å². The van der Waals surface area contributed by atoms with Crippen molar-refractivity contribution in [3.63, 3.8) is 0 Å². The second-order valence-corrected chi connectivity index (χ2v) is 3.71. The Morgan fingerprint density at radius 1 is 1.80 bits per heavy atom. The maximum absolute atomic E-state index is 10.5. The number of nitrogens with zero attached hydrogens (tertiary/aromatic N) is 1. The number of pyridine rings is 1. The van der Waals surface area contributed by atoms with Crippen molar-refractivity contribution < 1.29 is 14.6 Å². The fourth-order valence-corrected chi connectivity index (χ4v) is 1.83. The number of nitrogens with two attached hydrogens (primary N) is 1. The first-order valence-electron chi connectivity index (χ1n) is 4.22. The van der Waals surface area contributed by atoms with E-state index >= 15 is 0 Å². The normalized spacial score (nSPS) is 12.2. The third-order valence-corrected chi connectivity index (χ3v) is 2.64. The number of carbonyl (C=O) groups is 1. The topological polar surface area (TPSA) is 85.4 Å². The van der Waals surface area contributed by atoms with E-state index in [-0.39, 0.29) is 6.42 Å². The maximum atomic E-state index is 10.5. The molecule has 0 aliphatic carbocycles. The summed E-state index contributed by atoms with van der Waals surface area (Å²) in [4.78, 5) is 14.5. The van der Waals surface area contributed by atoms with Gasteiger partial charge in [0.15, 0.2) is 0 Å². The molecule has 1 unspecified atom stereocenters. The fraction of sp³-hybridized carbons (Fsp3) is 0.333. The highest BCUT2D eigenvalue weighted by Crippen LogP contribution is 2.30. The van der Waals surface area contributed by atoms with E-state index in [1.54, 1.807) is 6.07 Å². The standard InChI is InChI=1S/C9H11BrN2O3/c1-15-6-2-3-12-9(8(6)10)5(11)4-7(13)14/h2-3,5H,4,11H2,1H3,(H,13,14). The van der Waals surface area contributed by atoms with Crippen LogP contribution in [0.1, 0.15) is 18.2 Å². The van der Waals surface area contributed by atoms with E-state index in [2.05, 4.69) is 20.9 Å². The lowest BCUT2D eigenvalue weighted by molar-refractivity contribution is -0.137. The first kappa shape index (κ1) is 11.9. The molecule has 6 heteroatoms. The quantitative estimate of drug-likeness (QED) is 0.865. The summed E-state index contributed by atoms with van der Waals surface area (Å²) in [5, 5.41) is 8.61. The molecule has 1 rings (SSSR count). The molecule has 1 heterocycles. The van der Waals surface area contributed by atoms with Crippen molar-refractivity contribution in [2.75, 3.05) is 7.11 Å². The Bertz CT molecular complexity index is 370. The largest absolute Gasteiger partial charge is 0.495 e. The van der Waals surface area contributed by atoms with Gasteiger partial charge in [-0.25, -0.2) is 0 Å². The number of halogens is 1. The number of rotatable bonds is 4. The van der Waals surface area contributed by atoms with Gasteiger partial charge in [0.05, 0.1) is 29.7 Å². The van der Waals surface area contributed by atoms with E-state index in [1.807, 2.05) is 0 Å². The second kappa shape index (κ2) is 5.09. The lowest BCUT2D eigenvalue weighted by Crippen LogP contribution is -2.17. The molecule has 0 aliphatic rings. The van der Waals surface area contributed by atoms with Crippen molar-refractivity contribution in [2.24, 2.45) is 5.73 Å². The van der Waals surface area contributed by atoms with E-state index < -0.39 is 12.0 Å². The third kappa shape index (κ3) is 2.90. The van der Waals surface area contributed by atoms with Crippen LogP contribution in [0.2, 0.25) is 0 Å². The molecule has 1 atom stereocenters. The lowest BCUT2D eigenvalue weighted by Gasteiger charge is -2.12. The van der Waals surface area contributed by atoms with Crippen LogP contribution >= 0.6 is 15.9 Å². The molecule has 0 saturated heterocycles. The fourth-order valence-electron chi connectivity index (χ4n) is 1.14. The van der Waals surface area contributed by atoms with Crippen LogP contribution in [0.5, 0.6) is 5.75 Å². The van der Waals surface area contributed by atoms with Crippen LogP contribution < -0.4 is 10.5 Å². The van der Waals surface area contributed by atoms with Crippen LogP contribution in [0, 0.1) is 0 Å². The summed E-state index contributed by atoms with van der Waals surface area (Å²) in [7, 11) is 1.52. The van der Waals surface area contributed by atoms with Crippen LogP contribution in [0.4, 0.5) is 0 Å². The monoisotopic (exact) mass is 274 g/mol. The molecule has 0 fully saturated rings. The summed E-state index contributed by atoms with van der Waals surface area (Å²) in [6.45, 7) is 0. The van der Waals surface area contributed by atoms with Crippen LogP contribution in [-0.2, 0) is 4.79 Å². The number of aromatic nitrogens is 1. The third-order valence-electron chi connectivity index (χ3n) is 1.85. The van der Waals surface area contributed by atoms with Gasteiger partial charge in [-0.3, -0.25) is 9.78 Å². The summed E-state index contributed by atoms with van der Waals surface area (Å²) in [6, 6.07) is 1.02. The molecule has 5 nitrogen and oxygen atoms in total. The average Bonchev–Trinajstić information content (AvgIpc) is 2.17. The SMILES string of the molecule is COc1ccnc(C(N)CC(=O)O)c1Br. The maximum Gasteiger partial charge on any atom is 0.305 e. The van der Waals surface area contributed by atoms with Crippen molar-refractivity contribution in [1.29, 1.82) is 0 Å². The molecular formula is C9H11BrN2O3. The van der Waals surface area contributed by atoms with E-state index in [0.717, 1.165) is 0 Å². The van der Waals surface area contributed by atoms with E-state index in [9.17, 15) is 4.79 Å². The molecule has 0 spiro atoms. The molecular weight excluding hydrogens is 264 g/mol. The lowest BCUT2D eigenvalue weighted by atomic mass is 10.1. The number of ether oxygens (including phenoxy) is 1. The van der Waals surface area contributed by atoms with Gasteiger partial charge in [0.1, 0.15) is 5.75 Å². The van der Waals surface area contributed by atoms with Crippen molar-refractivity contribution in [3.05, 3.63) is 22.4 Å². The first-order chi connectivity index (χ1) is 7.06. The molecule has 0 aromatic carbocycles. The van der Waals surface area contributed by atoms with Gasteiger partial charge < -0.3 is 15.6 Å². The Hall–Kier alpha value is -1.14. The molecule has 3 N–H and O–H groups in total. The predicted molar refractivity (Wildman–Crippen MR) is 57.7 cm³/mol. The molecule has 0 saturated carbocycles. The summed E-state index contributed by atoms with van der Waals surface area (Å²) < 4.78 is 5.65. The highest BCUT2D eigenvalue weighted by molar-refractivity contribution is 9.10. The Morgan fingerprint density at radius 3 is 3.00 bits per heavy atom. The van der Waals surface area contributed by atoms with E-state index in [1.165, 1.54) is 13.3 Å². The van der Waals surface area contributed by atoms with Gasteiger partial charge in [-0.15, -0.1) is 0 Å². The zero-order valence-corrected chi connectivity index (χ0v) is 9.69. The van der Waals surface area contributed by atoms with Crippen molar-refractivity contribution >= 4 is 21.9 Å². The second-order valence-electron chi connectivity index (χ2n) is 2.92. The summed E-state index contributed by atoms with van der Waals surface area (Å²) in [5.74, 6) is -0.375. The highest BCUT2D eigenvalue weighted by Gasteiger charge is 2.17. The Labute approximate surface area is 95.4 Å². The first-order valence-corrected chi connectivity index (χ1v) is 5.01. The number of carboxylic acid groups (broad SMARTS) is 1. The highest BCUT2D eigenvalue weighted by atomic mass is 79.9. The number of hydrogen-bond acceptors (Lipinski definition) is 4. The van der Waals surface area contributed by atoms with Gasteiger partial charge in [0.2, 0.25) is 0 Å². The van der Waals surface area contributed by atoms with Crippen LogP contribution in [-0.4, -0.2) is 23.2 Å². The van der Waals surface area contributed by atoms with E-state index in [0.29, 0.717) is 15.9 Å². The molecule has 1 aromatic heterocycles. The smallest absolute Gasteiger partial charge is 0.305 e. The Kier molecular flexibility index (Phi) is 4.05. The number of hydrogen-bond donors (Lipinski definition) is 2. The minimum atomic E-state index is -0.959. The van der Waals surface area contributed by atoms with Gasteiger partial charge >= 0.3 is 5.97 Å². The van der Waals surface area contributed by atoms with Crippen LogP contribution in [0.3, 0.4) is 0 Å². The summed E-state index contributed by atoms with van der Waals surface area (Å²) in [5.41, 5.74) is 6.17. The minimum absolute atomic E-state index is 0.168. The molecule has 0 radical (unpaired) electrons. The van der Waals surface area contributed by atoms with Crippen LogP contribution in [0.25, 0.3) is 0 Å². The summed E-state index contributed by atoms with van der Waals surface area (Å²) >= 11 is 3.27. The predicted octanol–water partition coefficient (Wildman–Crippen LogP) is 1.33. The average molecular weight is 275 g/mol. The van der Waals surface area contributed by atoms with Gasteiger partial charge in [0, 0.05) is 6.20 Å². The van der Waals surface area contributed by atoms with E-state index in [4.69, 9.17) is 15.6 Å². The molecule has 0 bridgehead atoms. The minimum Gasteiger partial charge on any atom is -0.495 e. The zero-order chi connectivity index (χ0) is 11.4. The van der Waals surface area contributed by atoms with Crippen molar-refractivity contribution in [2.45, 2.75) is 12.5 Å².